The predicted octanol–water partition coefficient (Wildman–Crippen LogP) is 5.09. The summed E-state index contributed by atoms with van der Waals surface area (Å²) in [6, 6.07) is 7.92. The second-order valence-electron chi connectivity index (χ2n) is 4.67. The Kier molecular flexibility index (Phi) is 4.09. The van der Waals surface area contributed by atoms with Gasteiger partial charge in [-0.3, -0.25) is 4.79 Å². The highest BCUT2D eigenvalue weighted by Crippen LogP contribution is 2.31. The van der Waals surface area contributed by atoms with Gasteiger partial charge in [-0.25, -0.2) is 4.39 Å². The molecule has 0 aliphatic heterocycles. The molecule has 0 radical (unpaired) electrons. The van der Waals surface area contributed by atoms with Crippen molar-refractivity contribution in [3.05, 3.63) is 57.9 Å². The van der Waals surface area contributed by atoms with Crippen molar-refractivity contribution in [3.8, 4) is 11.5 Å². The van der Waals surface area contributed by atoms with E-state index < -0.39 is 5.82 Å². The molecule has 0 bridgehead atoms. The maximum absolute atomic E-state index is 13.6. The van der Waals surface area contributed by atoms with Gasteiger partial charge in [0.05, 0.1) is 5.56 Å². The Morgan fingerprint density at radius 3 is 2.40 bits per heavy atom. The van der Waals surface area contributed by atoms with Crippen molar-refractivity contribution in [1.29, 1.82) is 0 Å². The first kappa shape index (κ1) is 14.5. The van der Waals surface area contributed by atoms with Crippen molar-refractivity contribution in [2.24, 2.45) is 0 Å². The quantitative estimate of drug-likeness (QED) is 0.736. The number of benzene rings is 2. The lowest BCUT2D eigenvalue weighted by atomic mass is 10.1. The van der Waals surface area contributed by atoms with Crippen LogP contribution in [0.1, 0.15) is 28.4 Å². The van der Waals surface area contributed by atoms with Crippen LogP contribution in [0.5, 0.6) is 11.5 Å². The molecule has 20 heavy (non-hydrogen) atoms. The number of hydrogen-bond donors (Lipinski definition) is 0. The third-order valence-electron chi connectivity index (χ3n) is 3.00. The van der Waals surface area contributed by atoms with Crippen LogP contribution >= 0.6 is 11.6 Å². The molecule has 0 amide bonds. The van der Waals surface area contributed by atoms with Crippen molar-refractivity contribution >= 4 is 17.4 Å². The third-order valence-corrected chi connectivity index (χ3v) is 3.23. The third kappa shape index (κ3) is 2.99. The highest BCUT2D eigenvalue weighted by Gasteiger charge is 2.14. The van der Waals surface area contributed by atoms with Crippen molar-refractivity contribution in [2.75, 3.05) is 0 Å². The van der Waals surface area contributed by atoms with E-state index in [0.29, 0.717) is 22.1 Å². The van der Waals surface area contributed by atoms with E-state index in [2.05, 4.69) is 0 Å². The number of Topliss-reactive ketones (excluding diaryl/α,β-unsaturated/α-hetero) is 1. The Morgan fingerprint density at radius 1 is 1.10 bits per heavy atom. The second-order valence-corrected chi connectivity index (χ2v) is 5.10. The van der Waals surface area contributed by atoms with E-state index in [-0.39, 0.29) is 11.3 Å². The highest BCUT2D eigenvalue weighted by atomic mass is 35.5. The summed E-state index contributed by atoms with van der Waals surface area (Å²) in [5, 5.41) is 0.608. The van der Waals surface area contributed by atoms with E-state index in [1.54, 1.807) is 25.1 Å². The number of ether oxygens (including phenoxy) is 1. The molecule has 0 heterocycles. The van der Waals surface area contributed by atoms with Crippen LogP contribution < -0.4 is 4.74 Å². The molecule has 0 fully saturated rings. The Balaban J connectivity index is 2.47. The molecule has 0 saturated heterocycles. The van der Waals surface area contributed by atoms with Gasteiger partial charge >= 0.3 is 0 Å². The van der Waals surface area contributed by atoms with Crippen LogP contribution in [0.25, 0.3) is 0 Å². The van der Waals surface area contributed by atoms with Gasteiger partial charge in [0, 0.05) is 5.02 Å². The van der Waals surface area contributed by atoms with Gasteiger partial charge in [0.2, 0.25) is 0 Å². The highest BCUT2D eigenvalue weighted by molar-refractivity contribution is 6.30. The molecule has 0 aromatic heterocycles. The number of hydrogen-bond acceptors (Lipinski definition) is 2. The summed E-state index contributed by atoms with van der Waals surface area (Å²) >= 11 is 5.89. The fourth-order valence-electron chi connectivity index (χ4n) is 1.86. The Morgan fingerprint density at radius 2 is 1.80 bits per heavy atom. The van der Waals surface area contributed by atoms with Crippen LogP contribution in [0.3, 0.4) is 0 Å². The minimum Gasteiger partial charge on any atom is -0.456 e. The van der Waals surface area contributed by atoms with Crippen LogP contribution in [0.15, 0.2) is 30.3 Å². The molecule has 0 saturated carbocycles. The summed E-state index contributed by atoms with van der Waals surface area (Å²) < 4.78 is 19.3. The molecule has 0 atom stereocenters. The van der Waals surface area contributed by atoms with Crippen LogP contribution in [0.4, 0.5) is 4.39 Å². The molecule has 0 aliphatic rings. The monoisotopic (exact) mass is 292 g/mol. The number of carbonyl (C=O) groups excluding carboxylic acids is 1. The van der Waals surface area contributed by atoms with Crippen LogP contribution in [-0.2, 0) is 0 Å². The van der Waals surface area contributed by atoms with Gasteiger partial charge in [-0.15, -0.1) is 0 Å². The van der Waals surface area contributed by atoms with Crippen molar-refractivity contribution in [1.82, 2.24) is 0 Å². The molecule has 0 spiro atoms. The van der Waals surface area contributed by atoms with Gasteiger partial charge in [-0.05, 0) is 62.2 Å². The SMILES string of the molecule is CC(=O)c1cc(F)c(C)cc1Oc1ccc(Cl)cc1C. The fraction of sp³-hybridized carbons (Fsp3) is 0.188. The van der Waals surface area contributed by atoms with Gasteiger partial charge in [-0.1, -0.05) is 11.6 Å². The zero-order valence-electron chi connectivity index (χ0n) is 11.5. The van der Waals surface area contributed by atoms with E-state index in [0.717, 1.165) is 5.56 Å². The standard InChI is InChI=1S/C16H14ClFO2/c1-9-7-16(13(11(3)19)8-14(9)18)20-15-5-4-12(17)6-10(15)2/h4-8H,1-3H3. The maximum Gasteiger partial charge on any atom is 0.163 e. The Bertz CT molecular complexity index is 680. The molecule has 0 aliphatic carbocycles. The minimum absolute atomic E-state index is 0.224. The normalized spacial score (nSPS) is 10.4. The summed E-state index contributed by atoms with van der Waals surface area (Å²) in [5.41, 5.74) is 1.49. The average Bonchev–Trinajstić information content (AvgIpc) is 2.36. The first-order valence-electron chi connectivity index (χ1n) is 6.13. The summed E-state index contributed by atoms with van der Waals surface area (Å²) in [6.45, 7) is 4.86. The number of ketones is 1. The van der Waals surface area contributed by atoms with E-state index >= 15 is 0 Å². The van der Waals surface area contributed by atoms with E-state index in [4.69, 9.17) is 16.3 Å². The fourth-order valence-corrected chi connectivity index (χ4v) is 2.09. The molecular weight excluding hydrogens is 279 g/mol. The summed E-state index contributed by atoms with van der Waals surface area (Å²) in [6.07, 6.45) is 0. The number of halogens is 2. The van der Waals surface area contributed by atoms with Crippen LogP contribution in [0.2, 0.25) is 5.02 Å². The topological polar surface area (TPSA) is 26.3 Å². The molecule has 2 rings (SSSR count). The molecule has 2 aromatic carbocycles. The lowest BCUT2D eigenvalue weighted by Crippen LogP contribution is -2.00. The largest absolute Gasteiger partial charge is 0.456 e. The Labute approximate surface area is 122 Å². The van der Waals surface area contributed by atoms with Gasteiger partial charge in [0.1, 0.15) is 17.3 Å². The number of aryl methyl sites for hydroxylation is 2. The first-order valence-corrected chi connectivity index (χ1v) is 6.51. The number of carbonyl (C=O) groups is 1. The summed E-state index contributed by atoms with van der Waals surface area (Å²) in [4.78, 5) is 11.6. The van der Waals surface area contributed by atoms with Gasteiger partial charge in [0.25, 0.3) is 0 Å². The van der Waals surface area contributed by atoms with Crippen LogP contribution in [0, 0.1) is 19.7 Å². The second kappa shape index (κ2) is 5.63. The lowest BCUT2D eigenvalue weighted by molar-refractivity contribution is 0.101. The first-order chi connectivity index (χ1) is 9.38. The summed E-state index contributed by atoms with van der Waals surface area (Å²) in [5.74, 6) is 0.269. The minimum atomic E-state index is -0.421. The molecule has 0 N–H and O–H groups in total. The zero-order chi connectivity index (χ0) is 14.9. The van der Waals surface area contributed by atoms with Gasteiger partial charge in [-0.2, -0.15) is 0 Å². The molecule has 0 unspecified atom stereocenters. The smallest absolute Gasteiger partial charge is 0.163 e. The van der Waals surface area contributed by atoms with Gasteiger partial charge in [0.15, 0.2) is 5.78 Å². The molecular formula is C16H14ClFO2. The number of rotatable bonds is 3. The Hall–Kier alpha value is -1.87. The molecule has 2 nitrogen and oxygen atoms in total. The van der Waals surface area contributed by atoms with Crippen molar-refractivity contribution in [3.63, 3.8) is 0 Å². The van der Waals surface area contributed by atoms with E-state index in [9.17, 15) is 9.18 Å². The van der Waals surface area contributed by atoms with Crippen molar-refractivity contribution < 1.29 is 13.9 Å². The average molecular weight is 293 g/mol. The lowest BCUT2D eigenvalue weighted by Gasteiger charge is -2.13. The zero-order valence-corrected chi connectivity index (χ0v) is 12.2. The summed E-state index contributed by atoms with van der Waals surface area (Å²) in [7, 11) is 0. The van der Waals surface area contributed by atoms with Crippen molar-refractivity contribution in [2.45, 2.75) is 20.8 Å². The molecule has 104 valence electrons. The predicted molar refractivity (Wildman–Crippen MR) is 77.4 cm³/mol. The maximum atomic E-state index is 13.6. The van der Waals surface area contributed by atoms with E-state index in [1.807, 2.05) is 6.92 Å². The van der Waals surface area contributed by atoms with E-state index in [1.165, 1.54) is 19.1 Å². The molecule has 4 heteroatoms. The van der Waals surface area contributed by atoms with Gasteiger partial charge < -0.3 is 4.74 Å². The molecule has 2 aromatic rings. The van der Waals surface area contributed by atoms with Crippen LogP contribution in [-0.4, -0.2) is 5.78 Å².